The fraction of sp³-hybridized carbons (Fsp3) is 0.300. The van der Waals surface area contributed by atoms with Crippen molar-refractivity contribution in [2.24, 2.45) is 0 Å². The zero-order valence-corrected chi connectivity index (χ0v) is 18.5. The van der Waals surface area contributed by atoms with Gasteiger partial charge >= 0.3 is 0 Å². The van der Waals surface area contributed by atoms with Crippen molar-refractivity contribution in [1.82, 2.24) is 15.3 Å². The number of benzene rings is 2. The first kappa shape index (κ1) is 24.2. The molecule has 1 aromatic heterocycles. The number of methoxy groups -OCH3 is 1. The molecule has 30 heavy (non-hydrogen) atoms. The minimum Gasteiger partial charge on any atom is -0.493 e. The van der Waals surface area contributed by atoms with E-state index in [0.717, 1.165) is 25.9 Å². The number of hydrogen-bond donors (Lipinski definition) is 2. The molecule has 4 rings (SSSR count). The lowest BCUT2D eigenvalue weighted by Crippen LogP contribution is -2.37. The van der Waals surface area contributed by atoms with Crippen LogP contribution in [0.1, 0.15) is 12.8 Å². The third-order valence-electron chi connectivity index (χ3n) is 4.67. The second-order valence-corrected chi connectivity index (χ2v) is 6.96. The van der Waals surface area contributed by atoms with Crippen molar-refractivity contribution in [1.29, 1.82) is 0 Å². The Morgan fingerprint density at radius 1 is 1.20 bits per heavy atom. The van der Waals surface area contributed by atoms with Gasteiger partial charge in [-0.15, -0.1) is 24.8 Å². The van der Waals surface area contributed by atoms with Gasteiger partial charge in [0.1, 0.15) is 18.2 Å². The summed E-state index contributed by atoms with van der Waals surface area (Å²) >= 11 is 5.88. The van der Waals surface area contributed by atoms with E-state index < -0.39 is 5.82 Å². The van der Waals surface area contributed by atoms with Gasteiger partial charge in [0.2, 0.25) is 0 Å². The highest BCUT2D eigenvalue weighted by Gasteiger charge is 2.19. The summed E-state index contributed by atoms with van der Waals surface area (Å²) in [4.78, 5) is 8.58. The average Bonchev–Trinajstić information content (AvgIpc) is 2.72. The van der Waals surface area contributed by atoms with E-state index in [1.165, 1.54) is 12.4 Å². The summed E-state index contributed by atoms with van der Waals surface area (Å²) in [6.45, 7) is 1.78. The first-order chi connectivity index (χ1) is 13.7. The minimum absolute atomic E-state index is 0. The monoisotopic (exact) mass is 474 g/mol. The molecule has 0 saturated carbocycles. The first-order valence-corrected chi connectivity index (χ1v) is 9.44. The normalized spacial score (nSPS) is 15.6. The van der Waals surface area contributed by atoms with Gasteiger partial charge in [-0.2, -0.15) is 0 Å². The summed E-state index contributed by atoms with van der Waals surface area (Å²) in [5, 5.41) is 7.07. The summed E-state index contributed by atoms with van der Waals surface area (Å²) in [6, 6.07) is 8.39. The Balaban J connectivity index is 0.00000160. The second-order valence-electron chi connectivity index (χ2n) is 6.56. The number of fused-ring (bicyclic) bond motifs is 1. The average molecular weight is 476 g/mol. The van der Waals surface area contributed by atoms with E-state index in [-0.39, 0.29) is 41.6 Å². The number of piperidine rings is 1. The van der Waals surface area contributed by atoms with Crippen molar-refractivity contribution in [2.45, 2.75) is 18.9 Å². The fourth-order valence-corrected chi connectivity index (χ4v) is 3.42. The molecular weight excluding hydrogens is 454 g/mol. The van der Waals surface area contributed by atoms with Gasteiger partial charge in [-0.05, 0) is 37.6 Å². The van der Waals surface area contributed by atoms with Crippen molar-refractivity contribution >= 4 is 58.8 Å². The molecule has 3 aromatic rings. The number of rotatable bonds is 5. The SMILES string of the molecule is COc1cc2ncnc(Nc3cccc(Cl)c3F)c2cc1O[C@@H]1CCCNC1.Cl.Cl. The molecule has 2 aromatic carbocycles. The minimum atomic E-state index is -0.533. The highest BCUT2D eigenvalue weighted by Crippen LogP contribution is 2.36. The maximum atomic E-state index is 14.3. The Labute approximate surface area is 191 Å². The van der Waals surface area contributed by atoms with E-state index in [1.807, 2.05) is 6.07 Å². The highest BCUT2D eigenvalue weighted by atomic mass is 35.5. The number of nitrogens with zero attached hydrogens (tertiary/aromatic N) is 2. The number of anilines is 2. The molecule has 0 amide bonds. The Morgan fingerprint density at radius 2 is 2.03 bits per heavy atom. The standard InChI is InChI=1S/C20H20ClFN4O2.2ClH/c1-27-17-9-16-13(8-18(17)28-12-4-3-7-23-10-12)20(25-11-24-16)26-15-6-2-5-14(21)19(15)22;;/h2,5-6,8-9,11-12,23H,3-4,7,10H2,1H3,(H,24,25,26);2*1H/t12-;;/m1../s1. The molecule has 2 heterocycles. The third kappa shape index (κ3) is 5.16. The van der Waals surface area contributed by atoms with Crippen LogP contribution in [0, 0.1) is 5.82 Å². The summed E-state index contributed by atoms with van der Waals surface area (Å²) in [6.07, 6.45) is 3.51. The molecule has 1 aliphatic rings. The summed E-state index contributed by atoms with van der Waals surface area (Å²) < 4.78 is 26.0. The van der Waals surface area contributed by atoms with Crippen LogP contribution in [0.2, 0.25) is 5.02 Å². The Kier molecular flexibility index (Phi) is 8.73. The lowest BCUT2D eigenvalue weighted by atomic mass is 10.1. The zero-order chi connectivity index (χ0) is 19.5. The largest absolute Gasteiger partial charge is 0.493 e. The third-order valence-corrected chi connectivity index (χ3v) is 4.96. The molecule has 2 N–H and O–H groups in total. The Hall–Kier alpha value is -2.06. The number of ether oxygens (including phenoxy) is 2. The molecular formula is C20H22Cl3FN4O2. The molecule has 0 bridgehead atoms. The summed E-state index contributed by atoms with van der Waals surface area (Å²) in [5.74, 6) is 1.12. The highest BCUT2D eigenvalue weighted by molar-refractivity contribution is 6.31. The quantitative estimate of drug-likeness (QED) is 0.532. The zero-order valence-electron chi connectivity index (χ0n) is 16.2. The second kappa shape index (κ2) is 10.8. The molecule has 10 heteroatoms. The molecule has 0 radical (unpaired) electrons. The van der Waals surface area contributed by atoms with Crippen molar-refractivity contribution in [3.8, 4) is 11.5 Å². The predicted octanol–water partition coefficient (Wildman–Crippen LogP) is 5.15. The van der Waals surface area contributed by atoms with Crippen LogP contribution < -0.4 is 20.1 Å². The number of halogens is 4. The van der Waals surface area contributed by atoms with E-state index in [4.69, 9.17) is 21.1 Å². The van der Waals surface area contributed by atoms with Crippen molar-refractivity contribution in [2.75, 3.05) is 25.5 Å². The molecule has 1 aliphatic heterocycles. The summed E-state index contributed by atoms with van der Waals surface area (Å²) in [5.41, 5.74) is 0.896. The van der Waals surface area contributed by atoms with Crippen LogP contribution in [-0.4, -0.2) is 36.3 Å². The molecule has 6 nitrogen and oxygen atoms in total. The van der Waals surface area contributed by atoms with Crippen LogP contribution in [0.15, 0.2) is 36.7 Å². The van der Waals surface area contributed by atoms with Gasteiger partial charge in [-0.3, -0.25) is 0 Å². The van der Waals surface area contributed by atoms with Gasteiger partial charge in [0.15, 0.2) is 17.3 Å². The van der Waals surface area contributed by atoms with Gasteiger partial charge < -0.3 is 20.1 Å². The topological polar surface area (TPSA) is 68.3 Å². The fourth-order valence-electron chi connectivity index (χ4n) is 3.24. The van der Waals surface area contributed by atoms with E-state index in [1.54, 1.807) is 25.3 Å². The number of aromatic nitrogens is 2. The van der Waals surface area contributed by atoms with Gasteiger partial charge in [0.25, 0.3) is 0 Å². The van der Waals surface area contributed by atoms with Gasteiger partial charge in [-0.25, -0.2) is 14.4 Å². The van der Waals surface area contributed by atoms with Crippen LogP contribution in [-0.2, 0) is 0 Å². The van der Waals surface area contributed by atoms with Crippen molar-refractivity contribution in [3.63, 3.8) is 0 Å². The van der Waals surface area contributed by atoms with Crippen LogP contribution in [0.3, 0.4) is 0 Å². The molecule has 0 aliphatic carbocycles. The lowest BCUT2D eigenvalue weighted by molar-refractivity contribution is 0.161. The van der Waals surface area contributed by atoms with E-state index >= 15 is 0 Å². The van der Waals surface area contributed by atoms with Crippen LogP contribution in [0.4, 0.5) is 15.9 Å². The summed E-state index contributed by atoms with van der Waals surface area (Å²) in [7, 11) is 1.59. The maximum Gasteiger partial charge on any atom is 0.165 e. The number of nitrogens with one attached hydrogen (secondary N) is 2. The van der Waals surface area contributed by atoms with Crippen LogP contribution in [0.5, 0.6) is 11.5 Å². The van der Waals surface area contributed by atoms with E-state index in [0.29, 0.717) is 28.2 Å². The molecule has 1 fully saturated rings. The Bertz CT molecular complexity index is 1000. The smallest absolute Gasteiger partial charge is 0.165 e. The van der Waals surface area contributed by atoms with Crippen LogP contribution >= 0.6 is 36.4 Å². The first-order valence-electron chi connectivity index (χ1n) is 9.07. The van der Waals surface area contributed by atoms with Crippen LogP contribution in [0.25, 0.3) is 10.9 Å². The maximum absolute atomic E-state index is 14.3. The molecule has 0 unspecified atom stereocenters. The van der Waals surface area contributed by atoms with Gasteiger partial charge in [0.05, 0.1) is 23.3 Å². The lowest BCUT2D eigenvalue weighted by Gasteiger charge is -2.25. The molecule has 1 saturated heterocycles. The Morgan fingerprint density at radius 3 is 2.77 bits per heavy atom. The van der Waals surface area contributed by atoms with Gasteiger partial charge in [-0.1, -0.05) is 17.7 Å². The van der Waals surface area contributed by atoms with Gasteiger partial charge in [0, 0.05) is 18.0 Å². The van der Waals surface area contributed by atoms with Crippen molar-refractivity contribution in [3.05, 3.63) is 47.5 Å². The van der Waals surface area contributed by atoms with E-state index in [2.05, 4.69) is 20.6 Å². The number of hydrogen-bond acceptors (Lipinski definition) is 6. The van der Waals surface area contributed by atoms with Crippen molar-refractivity contribution < 1.29 is 13.9 Å². The molecule has 0 spiro atoms. The molecule has 1 atom stereocenters. The van der Waals surface area contributed by atoms with E-state index in [9.17, 15) is 4.39 Å². The predicted molar refractivity (Wildman–Crippen MR) is 122 cm³/mol. The molecule has 162 valence electrons.